The number of carbonyl (C=O) groups excluding carboxylic acids is 1. The molecule has 25 heavy (non-hydrogen) atoms. The van der Waals surface area contributed by atoms with E-state index in [4.69, 9.17) is 9.41 Å². The molecule has 1 amide bonds. The zero-order valence-corrected chi connectivity index (χ0v) is 15.5. The third-order valence-corrected chi connectivity index (χ3v) is 4.83. The van der Waals surface area contributed by atoms with Gasteiger partial charge in [-0.15, -0.1) is 5.10 Å². The molecule has 6 nitrogen and oxygen atoms in total. The van der Waals surface area contributed by atoms with E-state index in [0.29, 0.717) is 16.6 Å². The molecule has 0 saturated heterocycles. The first-order valence-electron chi connectivity index (χ1n) is 7.48. The number of amides is 1. The summed E-state index contributed by atoms with van der Waals surface area (Å²) in [5.41, 5.74) is 0.484. The largest absolute Gasteiger partial charge is 0.465 e. The molecule has 2 aliphatic rings. The second-order valence-electron chi connectivity index (χ2n) is 5.34. The minimum absolute atomic E-state index is 0.190. The van der Waals surface area contributed by atoms with Crippen molar-refractivity contribution in [2.75, 3.05) is 6.26 Å². The number of halogens is 1. The van der Waals surface area contributed by atoms with Crippen molar-refractivity contribution < 1.29 is 9.21 Å². The Bertz CT molecular complexity index is 1010. The molecule has 0 saturated carbocycles. The van der Waals surface area contributed by atoms with E-state index in [0.717, 1.165) is 15.0 Å². The smallest absolute Gasteiger partial charge is 0.276 e. The number of carbonyl (C=O) groups is 1. The molecule has 0 unspecified atom stereocenters. The fraction of sp³-hybridized carbons (Fsp3) is 0.118. The van der Waals surface area contributed by atoms with Crippen molar-refractivity contribution in [3.05, 3.63) is 63.5 Å². The second kappa shape index (κ2) is 6.53. The first kappa shape index (κ1) is 16.2. The number of benzene rings is 1. The molecule has 1 aromatic carbocycles. The molecule has 1 N–H and O–H groups in total. The fourth-order valence-electron chi connectivity index (χ4n) is 2.66. The third kappa shape index (κ3) is 3.03. The fourth-order valence-corrected chi connectivity index (χ4v) is 3.39. The van der Waals surface area contributed by atoms with Gasteiger partial charge in [-0.05, 0) is 48.7 Å². The van der Waals surface area contributed by atoms with Crippen molar-refractivity contribution in [3.8, 4) is 0 Å². The number of thioether (sulfide) groups is 1. The Hall–Kier alpha value is -2.32. The summed E-state index contributed by atoms with van der Waals surface area (Å²) >= 11 is 4.83. The lowest BCUT2D eigenvalue weighted by molar-refractivity contribution is -0.116. The Morgan fingerprint density at radius 1 is 1.40 bits per heavy atom. The molecule has 0 spiro atoms. The normalized spacial score (nSPS) is 19.2. The van der Waals surface area contributed by atoms with Gasteiger partial charge >= 0.3 is 0 Å². The molecule has 0 bridgehead atoms. The molecule has 1 aromatic heterocycles. The van der Waals surface area contributed by atoms with Crippen LogP contribution in [0.3, 0.4) is 0 Å². The minimum Gasteiger partial charge on any atom is -0.465 e. The number of amidine groups is 1. The van der Waals surface area contributed by atoms with E-state index in [-0.39, 0.29) is 5.91 Å². The molecule has 2 aromatic rings. The standard InChI is InChI=1S/C17H13BrN4O2S/c1-25-17-20-16(23)15-12-9-10(18)4-6-13(12)19-14(22(15)21-17)7-5-11-3-2-8-24-11/h2-9,14H,1H3,(H,20,21,23)/b7-5+/t14-/m0/s1. The summed E-state index contributed by atoms with van der Waals surface area (Å²) < 4.78 is 6.21. The molecule has 1 atom stereocenters. The van der Waals surface area contributed by atoms with Crippen LogP contribution >= 0.6 is 27.7 Å². The van der Waals surface area contributed by atoms with E-state index in [2.05, 4.69) is 26.3 Å². The molecule has 0 aliphatic carbocycles. The van der Waals surface area contributed by atoms with Crippen LogP contribution in [0.15, 0.2) is 61.7 Å². The number of rotatable bonds is 2. The number of nitrogens with zero attached hydrogens (tertiary/aromatic N) is 3. The van der Waals surface area contributed by atoms with Gasteiger partial charge in [-0.1, -0.05) is 27.7 Å². The Balaban J connectivity index is 1.89. The topological polar surface area (TPSA) is 70.2 Å². The summed E-state index contributed by atoms with van der Waals surface area (Å²) in [5, 5.41) is 11.0. The van der Waals surface area contributed by atoms with Gasteiger partial charge in [0.05, 0.1) is 11.6 Å². The maximum atomic E-state index is 12.7. The van der Waals surface area contributed by atoms with E-state index in [1.54, 1.807) is 11.3 Å². The summed E-state index contributed by atoms with van der Waals surface area (Å²) in [6.45, 7) is 0. The number of fused-ring (bicyclic) bond motifs is 2. The number of furan rings is 1. The summed E-state index contributed by atoms with van der Waals surface area (Å²) in [7, 11) is 0. The zero-order chi connectivity index (χ0) is 17.4. The Morgan fingerprint density at radius 3 is 3.04 bits per heavy atom. The van der Waals surface area contributed by atoms with Gasteiger partial charge in [0.1, 0.15) is 11.5 Å². The van der Waals surface area contributed by atoms with Gasteiger partial charge in [0, 0.05) is 9.69 Å². The lowest BCUT2D eigenvalue weighted by atomic mass is 10.1. The Morgan fingerprint density at radius 2 is 2.28 bits per heavy atom. The van der Waals surface area contributed by atoms with E-state index in [9.17, 15) is 4.79 Å². The molecular formula is C17H13BrN4O2S. The molecular weight excluding hydrogens is 404 g/mol. The van der Waals surface area contributed by atoms with Crippen LogP contribution in [-0.2, 0) is 4.79 Å². The van der Waals surface area contributed by atoms with Crippen LogP contribution in [0, 0.1) is 0 Å². The molecule has 2 aliphatic heterocycles. The highest BCUT2D eigenvalue weighted by Gasteiger charge is 2.32. The molecule has 4 rings (SSSR count). The van der Waals surface area contributed by atoms with Crippen LogP contribution in [-0.4, -0.2) is 28.5 Å². The predicted molar refractivity (Wildman–Crippen MR) is 101 cm³/mol. The van der Waals surface area contributed by atoms with Gasteiger partial charge < -0.3 is 4.42 Å². The van der Waals surface area contributed by atoms with Crippen molar-refractivity contribution >= 4 is 50.5 Å². The number of hydrogen-bond acceptors (Lipinski definition) is 6. The minimum atomic E-state index is -0.429. The highest BCUT2D eigenvalue weighted by atomic mass is 79.9. The number of nitrogens with one attached hydrogen (secondary N) is 1. The van der Waals surface area contributed by atoms with Crippen molar-refractivity contribution in [2.24, 2.45) is 10.1 Å². The third-order valence-electron chi connectivity index (χ3n) is 3.77. The monoisotopic (exact) mass is 416 g/mol. The van der Waals surface area contributed by atoms with E-state index < -0.39 is 6.17 Å². The van der Waals surface area contributed by atoms with Crippen LogP contribution < -0.4 is 15.9 Å². The highest BCUT2D eigenvalue weighted by Crippen LogP contribution is 2.21. The molecule has 0 radical (unpaired) electrons. The zero-order valence-electron chi connectivity index (χ0n) is 13.1. The molecule has 3 heterocycles. The quantitative estimate of drug-likeness (QED) is 0.811. The summed E-state index contributed by atoms with van der Waals surface area (Å²) in [4.78, 5) is 17.4. The van der Waals surface area contributed by atoms with Gasteiger partial charge in [0.15, 0.2) is 11.3 Å². The Kier molecular flexibility index (Phi) is 4.22. The van der Waals surface area contributed by atoms with Crippen molar-refractivity contribution in [2.45, 2.75) is 6.17 Å². The lowest BCUT2D eigenvalue weighted by Crippen LogP contribution is -2.52. The number of hydrogen-bond donors (Lipinski definition) is 1. The Labute approximate surface area is 156 Å². The number of hydrazone groups is 1. The average Bonchev–Trinajstić information content (AvgIpc) is 3.13. The van der Waals surface area contributed by atoms with E-state index >= 15 is 0 Å². The van der Waals surface area contributed by atoms with Crippen LogP contribution in [0.4, 0.5) is 0 Å². The van der Waals surface area contributed by atoms with Gasteiger partial charge in [-0.2, -0.15) is 0 Å². The SMILES string of the molecule is CSC1=NN2C(=c3cc(Br)ccc3=N[C@@H]2/C=C/c2ccco2)C(=O)N1. The van der Waals surface area contributed by atoms with Gasteiger partial charge in [-0.3, -0.25) is 15.1 Å². The predicted octanol–water partition coefficient (Wildman–Crippen LogP) is 1.89. The van der Waals surface area contributed by atoms with Crippen LogP contribution in [0.1, 0.15) is 5.76 Å². The second-order valence-corrected chi connectivity index (χ2v) is 7.05. The first-order valence-corrected chi connectivity index (χ1v) is 9.50. The summed E-state index contributed by atoms with van der Waals surface area (Å²) in [6.07, 6.45) is 6.74. The molecule has 8 heteroatoms. The van der Waals surface area contributed by atoms with Gasteiger partial charge in [-0.25, -0.2) is 5.01 Å². The molecule has 126 valence electrons. The maximum Gasteiger partial charge on any atom is 0.276 e. The van der Waals surface area contributed by atoms with Crippen LogP contribution in [0.25, 0.3) is 11.8 Å². The van der Waals surface area contributed by atoms with Crippen LogP contribution in [0.2, 0.25) is 0 Å². The average molecular weight is 417 g/mol. The van der Waals surface area contributed by atoms with Gasteiger partial charge in [0.2, 0.25) is 0 Å². The van der Waals surface area contributed by atoms with Crippen molar-refractivity contribution in [3.63, 3.8) is 0 Å². The van der Waals surface area contributed by atoms with E-state index in [1.165, 1.54) is 11.8 Å². The van der Waals surface area contributed by atoms with Crippen molar-refractivity contribution in [1.82, 2.24) is 10.3 Å². The first-order chi connectivity index (χ1) is 12.2. The van der Waals surface area contributed by atoms with E-state index in [1.807, 2.05) is 48.7 Å². The summed E-state index contributed by atoms with van der Waals surface area (Å²) in [5.74, 6) is 0.527. The molecule has 0 fully saturated rings. The van der Waals surface area contributed by atoms with Crippen LogP contribution in [0.5, 0.6) is 0 Å². The maximum absolute atomic E-state index is 12.7. The van der Waals surface area contributed by atoms with Crippen molar-refractivity contribution in [1.29, 1.82) is 0 Å². The highest BCUT2D eigenvalue weighted by molar-refractivity contribution is 9.10. The lowest BCUT2D eigenvalue weighted by Gasteiger charge is -2.32. The van der Waals surface area contributed by atoms with Gasteiger partial charge in [0.25, 0.3) is 5.91 Å². The summed E-state index contributed by atoms with van der Waals surface area (Å²) in [6, 6.07) is 9.35.